The minimum absolute atomic E-state index is 0.255. The van der Waals surface area contributed by atoms with Gasteiger partial charge in [-0.05, 0) is 20.8 Å². The van der Waals surface area contributed by atoms with Gasteiger partial charge >= 0.3 is 5.97 Å². The van der Waals surface area contributed by atoms with Crippen LogP contribution in [0.5, 0.6) is 0 Å². The molecule has 4 nitrogen and oxygen atoms in total. The topological polar surface area (TPSA) is 55.8 Å². The minimum atomic E-state index is -1.56. The number of rotatable bonds is 4. The molecule has 1 N–H and O–H groups in total. The summed E-state index contributed by atoms with van der Waals surface area (Å²) in [5.74, 6) is -0.653. The third-order valence-electron chi connectivity index (χ3n) is 1.83. The molecule has 0 fully saturated rings. The Morgan fingerprint density at radius 3 is 2.50 bits per heavy atom. The highest BCUT2D eigenvalue weighted by Gasteiger charge is 2.38. The van der Waals surface area contributed by atoms with Gasteiger partial charge in [-0.15, -0.1) is 0 Å². The average Bonchev–Trinajstić information content (AvgIpc) is 2.03. The third-order valence-corrected chi connectivity index (χ3v) is 1.83. The van der Waals surface area contributed by atoms with E-state index in [4.69, 9.17) is 4.74 Å². The lowest BCUT2D eigenvalue weighted by atomic mass is 10.0. The molecule has 0 radical (unpaired) electrons. The Labute approximate surface area is 72.5 Å². The van der Waals surface area contributed by atoms with E-state index in [0.29, 0.717) is 0 Å². The van der Waals surface area contributed by atoms with Gasteiger partial charge in [0.15, 0.2) is 5.60 Å². The second-order valence-electron chi connectivity index (χ2n) is 2.75. The van der Waals surface area contributed by atoms with Gasteiger partial charge in [-0.3, -0.25) is 0 Å². The van der Waals surface area contributed by atoms with Crippen molar-refractivity contribution in [2.75, 3.05) is 13.7 Å². The molecule has 2 unspecified atom stereocenters. The molecule has 72 valence electrons. The van der Waals surface area contributed by atoms with Crippen LogP contribution >= 0.6 is 0 Å². The van der Waals surface area contributed by atoms with E-state index in [0.717, 1.165) is 0 Å². The molecular weight excluding hydrogens is 160 g/mol. The smallest absolute Gasteiger partial charge is 0.340 e. The summed E-state index contributed by atoms with van der Waals surface area (Å²) in [6.45, 7) is 4.92. The van der Waals surface area contributed by atoms with Crippen LogP contribution < -0.4 is 0 Å². The molecule has 4 heteroatoms. The molecule has 12 heavy (non-hydrogen) atoms. The van der Waals surface area contributed by atoms with Gasteiger partial charge in [0.05, 0.1) is 12.7 Å². The molecule has 0 aromatic rings. The van der Waals surface area contributed by atoms with E-state index in [1.807, 2.05) is 0 Å². The van der Waals surface area contributed by atoms with Crippen LogP contribution in [0.4, 0.5) is 0 Å². The van der Waals surface area contributed by atoms with Crippen molar-refractivity contribution in [2.45, 2.75) is 32.5 Å². The lowest BCUT2D eigenvalue weighted by molar-refractivity contribution is -0.175. The van der Waals surface area contributed by atoms with E-state index >= 15 is 0 Å². The molecule has 0 saturated carbocycles. The van der Waals surface area contributed by atoms with Gasteiger partial charge in [-0.2, -0.15) is 0 Å². The third kappa shape index (κ3) is 2.46. The van der Waals surface area contributed by atoms with Gasteiger partial charge in [0.25, 0.3) is 0 Å². The minimum Gasteiger partial charge on any atom is -0.464 e. The van der Waals surface area contributed by atoms with Crippen LogP contribution in [0.3, 0.4) is 0 Å². The monoisotopic (exact) mass is 176 g/mol. The summed E-state index contributed by atoms with van der Waals surface area (Å²) in [4.78, 5) is 11.1. The highest BCUT2D eigenvalue weighted by Crippen LogP contribution is 2.14. The second kappa shape index (κ2) is 4.42. The number of methoxy groups -OCH3 is 1. The largest absolute Gasteiger partial charge is 0.464 e. The molecular formula is C8H16O4. The van der Waals surface area contributed by atoms with Gasteiger partial charge in [-0.1, -0.05) is 0 Å². The SMILES string of the molecule is CCOC(=O)C(C)(O)C(C)OC. The molecule has 0 heterocycles. The van der Waals surface area contributed by atoms with Crippen molar-refractivity contribution in [1.82, 2.24) is 0 Å². The lowest BCUT2D eigenvalue weighted by Gasteiger charge is -2.26. The molecule has 0 aliphatic heterocycles. The molecule has 0 amide bonds. The highest BCUT2D eigenvalue weighted by atomic mass is 16.6. The fourth-order valence-corrected chi connectivity index (χ4v) is 0.673. The standard InChI is InChI=1S/C8H16O4/c1-5-12-7(9)8(3,10)6(2)11-4/h6,10H,5H2,1-4H3. The van der Waals surface area contributed by atoms with Crippen LogP contribution in [-0.4, -0.2) is 36.5 Å². The van der Waals surface area contributed by atoms with Crippen molar-refractivity contribution in [3.05, 3.63) is 0 Å². The number of hydrogen-bond acceptors (Lipinski definition) is 4. The van der Waals surface area contributed by atoms with Crippen molar-refractivity contribution in [2.24, 2.45) is 0 Å². The van der Waals surface area contributed by atoms with E-state index in [2.05, 4.69) is 4.74 Å². The molecule has 2 atom stereocenters. The lowest BCUT2D eigenvalue weighted by Crippen LogP contribution is -2.47. The first-order valence-electron chi connectivity index (χ1n) is 3.89. The van der Waals surface area contributed by atoms with Gasteiger partial charge in [-0.25, -0.2) is 4.79 Å². The first-order valence-corrected chi connectivity index (χ1v) is 3.89. The Morgan fingerprint density at radius 1 is 1.67 bits per heavy atom. The number of carbonyl (C=O) groups is 1. The van der Waals surface area contributed by atoms with Crippen LogP contribution in [0.25, 0.3) is 0 Å². The maximum absolute atomic E-state index is 11.1. The number of hydrogen-bond donors (Lipinski definition) is 1. The molecule has 0 aromatic heterocycles. The van der Waals surface area contributed by atoms with E-state index < -0.39 is 17.7 Å². The molecule has 0 rings (SSSR count). The van der Waals surface area contributed by atoms with Crippen molar-refractivity contribution in [3.63, 3.8) is 0 Å². The van der Waals surface area contributed by atoms with Gasteiger partial charge in [0.1, 0.15) is 0 Å². The summed E-state index contributed by atoms with van der Waals surface area (Å²) in [6.07, 6.45) is -0.573. The predicted octanol–water partition coefficient (Wildman–Crippen LogP) is 0.335. The number of aliphatic hydroxyl groups is 1. The molecule has 0 bridgehead atoms. The highest BCUT2D eigenvalue weighted by molar-refractivity contribution is 5.79. The Kier molecular flexibility index (Phi) is 4.20. The van der Waals surface area contributed by atoms with E-state index in [-0.39, 0.29) is 6.61 Å². The van der Waals surface area contributed by atoms with Crippen LogP contribution in [0.1, 0.15) is 20.8 Å². The van der Waals surface area contributed by atoms with Crippen LogP contribution in [0.2, 0.25) is 0 Å². The quantitative estimate of drug-likeness (QED) is 0.627. The molecule has 0 aliphatic rings. The summed E-state index contributed by atoms with van der Waals surface area (Å²) in [5, 5.41) is 9.58. The summed E-state index contributed by atoms with van der Waals surface area (Å²) in [6, 6.07) is 0. The molecule has 0 spiro atoms. The second-order valence-corrected chi connectivity index (χ2v) is 2.75. The first-order chi connectivity index (χ1) is 5.46. The van der Waals surface area contributed by atoms with Crippen molar-refractivity contribution >= 4 is 5.97 Å². The molecule has 0 aromatic carbocycles. The Hall–Kier alpha value is -0.610. The number of carbonyl (C=O) groups excluding carboxylic acids is 1. The van der Waals surface area contributed by atoms with Crippen molar-refractivity contribution < 1.29 is 19.4 Å². The normalized spacial score (nSPS) is 18.1. The van der Waals surface area contributed by atoms with Crippen molar-refractivity contribution in [1.29, 1.82) is 0 Å². The molecule has 0 saturated heterocycles. The zero-order valence-electron chi connectivity index (χ0n) is 7.96. The van der Waals surface area contributed by atoms with Gasteiger partial charge in [0, 0.05) is 7.11 Å². The van der Waals surface area contributed by atoms with Crippen LogP contribution in [0.15, 0.2) is 0 Å². The maximum Gasteiger partial charge on any atom is 0.340 e. The molecule has 0 aliphatic carbocycles. The van der Waals surface area contributed by atoms with E-state index in [1.165, 1.54) is 14.0 Å². The van der Waals surface area contributed by atoms with Gasteiger partial charge in [0.2, 0.25) is 0 Å². The zero-order valence-corrected chi connectivity index (χ0v) is 7.96. The van der Waals surface area contributed by atoms with Crippen molar-refractivity contribution in [3.8, 4) is 0 Å². The van der Waals surface area contributed by atoms with Crippen LogP contribution in [-0.2, 0) is 14.3 Å². The van der Waals surface area contributed by atoms with E-state index in [1.54, 1.807) is 13.8 Å². The zero-order chi connectivity index (χ0) is 9.78. The fourth-order valence-electron chi connectivity index (χ4n) is 0.673. The summed E-state index contributed by atoms with van der Waals surface area (Å²) in [5.41, 5.74) is -1.56. The Morgan fingerprint density at radius 2 is 2.17 bits per heavy atom. The summed E-state index contributed by atoms with van der Waals surface area (Å²) in [7, 11) is 1.43. The average molecular weight is 176 g/mol. The van der Waals surface area contributed by atoms with E-state index in [9.17, 15) is 9.90 Å². The van der Waals surface area contributed by atoms with Gasteiger partial charge < -0.3 is 14.6 Å². The predicted molar refractivity (Wildman–Crippen MR) is 43.7 cm³/mol. The number of esters is 1. The summed E-state index contributed by atoms with van der Waals surface area (Å²) >= 11 is 0. The van der Waals surface area contributed by atoms with Crippen LogP contribution in [0, 0.1) is 0 Å². The number of ether oxygens (including phenoxy) is 2. The first kappa shape index (κ1) is 11.4. The Bertz CT molecular complexity index is 153. The summed E-state index contributed by atoms with van der Waals surface area (Å²) < 4.78 is 9.49. The maximum atomic E-state index is 11.1. The Balaban J connectivity index is 4.27. The fraction of sp³-hybridized carbons (Fsp3) is 0.875.